The van der Waals surface area contributed by atoms with Crippen molar-refractivity contribution in [3.63, 3.8) is 0 Å². The van der Waals surface area contributed by atoms with E-state index in [2.05, 4.69) is 9.34 Å². The van der Waals surface area contributed by atoms with Crippen molar-refractivity contribution >= 4 is 24.9 Å². The molecule has 3 aromatic rings. The average molecular weight is 423 g/mol. The molecular formula is C24H25FN2O2P. The normalized spacial score (nSPS) is 16.5. The SMILES string of the molecule is CC(=O)CC(c1ccc(F)cc1)[P]1(O)N(c2ccccc2)CCN1c1ccccc1. The minimum absolute atomic E-state index is 0.00864. The van der Waals surface area contributed by atoms with Crippen LogP contribution in [0.3, 0.4) is 0 Å². The Bertz CT molecular complexity index is 951. The Morgan fingerprint density at radius 3 is 1.80 bits per heavy atom. The molecule has 1 aliphatic heterocycles. The first-order chi connectivity index (χ1) is 14.5. The summed E-state index contributed by atoms with van der Waals surface area (Å²) in [7, 11) is -3.06. The summed E-state index contributed by atoms with van der Waals surface area (Å²) in [5.74, 6) is -0.345. The second kappa shape index (κ2) is 8.55. The van der Waals surface area contributed by atoms with Gasteiger partial charge in [-0.25, -0.2) is 4.39 Å². The Labute approximate surface area is 177 Å². The standard InChI is InChI=1S/C24H25FN2O2P/c1-19(28)18-24(20-12-14-21(25)15-13-20)30(29)26(22-8-4-2-5-9-22)16-17-27(30)23-10-6-3-7-11-23/h2-15,24,29H,16-18H2,1H3. The van der Waals surface area contributed by atoms with Gasteiger partial charge in [-0.2, -0.15) is 0 Å². The summed E-state index contributed by atoms with van der Waals surface area (Å²) in [6.07, 6.45) is 0.183. The lowest BCUT2D eigenvalue weighted by atomic mass is 10.1. The van der Waals surface area contributed by atoms with E-state index in [1.165, 1.54) is 12.1 Å². The summed E-state index contributed by atoms with van der Waals surface area (Å²) < 4.78 is 17.7. The molecule has 1 atom stereocenters. The van der Waals surface area contributed by atoms with Crippen molar-refractivity contribution < 1.29 is 14.1 Å². The van der Waals surface area contributed by atoms with Crippen molar-refractivity contribution in [2.75, 3.05) is 22.4 Å². The van der Waals surface area contributed by atoms with Crippen LogP contribution in [0.15, 0.2) is 84.9 Å². The monoisotopic (exact) mass is 423 g/mol. The van der Waals surface area contributed by atoms with Gasteiger partial charge < -0.3 is 14.2 Å². The number of Topliss-reactive ketones (excluding diaryl/α,β-unsaturated/α-hetero) is 1. The molecule has 3 aromatic carbocycles. The van der Waals surface area contributed by atoms with Gasteiger partial charge in [0.15, 0.2) is 7.79 Å². The van der Waals surface area contributed by atoms with Gasteiger partial charge in [-0.05, 0) is 48.9 Å². The predicted octanol–water partition coefficient (Wildman–Crippen LogP) is 5.63. The van der Waals surface area contributed by atoms with Gasteiger partial charge >= 0.3 is 0 Å². The molecule has 6 heteroatoms. The summed E-state index contributed by atoms with van der Waals surface area (Å²) in [4.78, 5) is 24.7. The maximum Gasteiger partial charge on any atom is 0.169 e. The molecule has 1 fully saturated rings. The van der Waals surface area contributed by atoms with E-state index < -0.39 is 13.4 Å². The van der Waals surface area contributed by atoms with Crippen LogP contribution in [0.2, 0.25) is 0 Å². The van der Waals surface area contributed by atoms with Gasteiger partial charge in [0.25, 0.3) is 0 Å². The van der Waals surface area contributed by atoms with E-state index in [0.29, 0.717) is 13.1 Å². The van der Waals surface area contributed by atoms with Gasteiger partial charge in [-0.15, -0.1) is 0 Å². The first-order valence-electron chi connectivity index (χ1n) is 10.0. The summed E-state index contributed by atoms with van der Waals surface area (Å²) in [5, 5.41) is 0. The fraction of sp³-hybridized carbons (Fsp3) is 0.208. The van der Waals surface area contributed by atoms with Gasteiger partial charge in [0, 0.05) is 30.9 Å². The van der Waals surface area contributed by atoms with Crippen LogP contribution < -0.4 is 9.34 Å². The van der Waals surface area contributed by atoms with E-state index in [0.717, 1.165) is 16.9 Å². The molecule has 4 rings (SSSR count). The minimum atomic E-state index is -3.06. The molecule has 1 aliphatic rings. The number of para-hydroxylation sites is 2. The van der Waals surface area contributed by atoms with Crippen LogP contribution in [-0.2, 0) is 4.79 Å². The molecular weight excluding hydrogens is 398 g/mol. The number of halogens is 1. The van der Waals surface area contributed by atoms with Crippen LogP contribution in [0.5, 0.6) is 0 Å². The lowest BCUT2D eigenvalue weighted by Crippen LogP contribution is -2.30. The zero-order valence-electron chi connectivity index (χ0n) is 16.9. The molecule has 1 radical (unpaired) electrons. The molecule has 4 nitrogen and oxygen atoms in total. The van der Waals surface area contributed by atoms with Crippen LogP contribution in [0.4, 0.5) is 15.8 Å². The van der Waals surface area contributed by atoms with Crippen LogP contribution in [0.25, 0.3) is 0 Å². The van der Waals surface area contributed by atoms with Gasteiger partial charge in [0.1, 0.15) is 11.6 Å². The second-order valence-corrected chi connectivity index (χ2v) is 10.3. The Hall–Kier alpha value is -2.75. The molecule has 0 saturated carbocycles. The van der Waals surface area contributed by atoms with E-state index in [4.69, 9.17) is 0 Å². The number of rotatable bonds is 6. The number of ketones is 1. The van der Waals surface area contributed by atoms with Crippen molar-refractivity contribution in [3.05, 3.63) is 96.3 Å². The highest BCUT2D eigenvalue weighted by Crippen LogP contribution is 2.76. The Morgan fingerprint density at radius 2 is 1.37 bits per heavy atom. The van der Waals surface area contributed by atoms with Crippen molar-refractivity contribution in [1.29, 1.82) is 0 Å². The first kappa shape index (κ1) is 20.5. The van der Waals surface area contributed by atoms with Crippen LogP contribution >= 0.6 is 7.79 Å². The summed E-state index contributed by atoms with van der Waals surface area (Å²) in [5.41, 5.74) is 2.15. The molecule has 1 heterocycles. The summed E-state index contributed by atoms with van der Waals surface area (Å²) in [6.45, 7) is 2.82. The third-order valence-electron chi connectivity index (χ3n) is 5.50. The number of carbonyl (C=O) groups is 1. The lowest BCUT2D eigenvalue weighted by Gasteiger charge is -2.47. The maximum absolute atomic E-state index is 13.6. The molecule has 1 N–H and O–H groups in total. The molecule has 0 aliphatic carbocycles. The number of anilines is 2. The maximum atomic E-state index is 13.6. The Balaban J connectivity index is 1.88. The highest BCUT2D eigenvalue weighted by atomic mass is 31.2. The fourth-order valence-corrected chi connectivity index (χ4v) is 7.87. The van der Waals surface area contributed by atoms with E-state index in [1.54, 1.807) is 19.1 Å². The predicted molar refractivity (Wildman–Crippen MR) is 121 cm³/mol. The van der Waals surface area contributed by atoms with Crippen LogP contribution in [0.1, 0.15) is 24.6 Å². The first-order valence-corrected chi connectivity index (χ1v) is 11.7. The molecule has 0 amide bonds. The number of nitrogens with zero attached hydrogens (tertiary/aromatic N) is 2. The lowest BCUT2D eigenvalue weighted by molar-refractivity contribution is -0.117. The Kier molecular flexibility index (Phi) is 5.85. The van der Waals surface area contributed by atoms with Gasteiger partial charge in [-0.3, -0.25) is 4.79 Å². The third kappa shape index (κ3) is 3.83. The van der Waals surface area contributed by atoms with Crippen LogP contribution in [-0.4, -0.2) is 23.8 Å². The van der Waals surface area contributed by atoms with Crippen molar-refractivity contribution in [3.8, 4) is 0 Å². The number of benzene rings is 3. The molecule has 1 unspecified atom stereocenters. The number of hydrogen-bond acceptors (Lipinski definition) is 4. The third-order valence-corrected chi connectivity index (χ3v) is 9.10. The number of carbonyl (C=O) groups excluding carboxylic acids is 1. The van der Waals surface area contributed by atoms with Gasteiger partial charge in [0.05, 0.1) is 5.66 Å². The molecule has 0 aromatic heterocycles. The van der Waals surface area contributed by atoms with Crippen molar-refractivity contribution in [2.24, 2.45) is 0 Å². The quantitative estimate of drug-likeness (QED) is 0.522. The molecule has 1 saturated heterocycles. The highest BCUT2D eigenvalue weighted by molar-refractivity contribution is 7.74. The fourth-order valence-electron chi connectivity index (χ4n) is 4.15. The second-order valence-electron chi connectivity index (χ2n) is 7.51. The topological polar surface area (TPSA) is 43.8 Å². The summed E-state index contributed by atoms with van der Waals surface area (Å²) >= 11 is 0. The molecule has 155 valence electrons. The van der Waals surface area contributed by atoms with Crippen molar-refractivity contribution in [1.82, 2.24) is 0 Å². The van der Waals surface area contributed by atoms with Gasteiger partial charge in [0.2, 0.25) is 0 Å². The summed E-state index contributed by atoms with van der Waals surface area (Å²) in [6, 6.07) is 25.8. The van der Waals surface area contributed by atoms with Crippen molar-refractivity contribution in [2.45, 2.75) is 19.0 Å². The minimum Gasteiger partial charge on any atom is -0.345 e. The molecule has 30 heavy (non-hydrogen) atoms. The largest absolute Gasteiger partial charge is 0.345 e. The molecule has 0 spiro atoms. The average Bonchev–Trinajstić information content (AvgIpc) is 3.12. The zero-order chi connectivity index (χ0) is 21.1. The number of hydrogen-bond donors (Lipinski definition) is 1. The van der Waals surface area contributed by atoms with E-state index in [-0.39, 0.29) is 18.0 Å². The smallest absolute Gasteiger partial charge is 0.169 e. The van der Waals surface area contributed by atoms with E-state index >= 15 is 0 Å². The van der Waals surface area contributed by atoms with E-state index in [9.17, 15) is 14.1 Å². The van der Waals surface area contributed by atoms with Gasteiger partial charge in [-0.1, -0.05) is 48.5 Å². The molecule has 0 bridgehead atoms. The zero-order valence-corrected chi connectivity index (χ0v) is 17.8. The highest BCUT2D eigenvalue weighted by Gasteiger charge is 2.51. The Morgan fingerprint density at radius 1 is 0.900 bits per heavy atom. The van der Waals surface area contributed by atoms with E-state index in [1.807, 2.05) is 60.7 Å². The van der Waals surface area contributed by atoms with Crippen LogP contribution in [0, 0.1) is 5.82 Å².